The van der Waals surface area contributed by atoms with Gasteiger partial charge >= 0.3 is 0 Å². The van der Waals surface area contributed by atoms with E-state index in [1.165, 1.54) is 19.1 Å². The van der Waals surface area contributed by atoms with Gasteiger partial charge in [0.1, 0.15) is 5.82 Å². The van der Waals surface area contributed by atoms with E-state index in [9.17, 15) is 14.5 Å². The number of halogens is 1. The molecule has 0 heterocycles. The van der Waals surface area contributed by atoms with Crippen molar-refractivity contribution in [1.82, 2.24) is 0 Å². The summed E-state index contributed by atoms with van der Waals surface area (Å²) in [6.07, 6.45) is 2.62. The summed E-state index contributed by atoms with van der Waals surface area (Å²) in [5, 5.41) is 19.1. The summed E-state index contributed by atoms with van der Waals surface area (Å²) in [6.45, 7) is 1.24. The Kier molecular flexibility index (Phi) is 3.51. The average Bonchev–Trinajstić information content (AvgIpc) is 2.16. The minimum atomic E-state index is -0.564. The molecule has 0 aliphatic heterocycles. The molecule has 0 aliphatic rings. The van der Waals surface area contributed by atoms with Crippen LogP contribution in [0.3, 0.4) is 0 Å². The number of hydrogen-bond acceptors (Lipinski definition) is 3. The van der Waals surface area contributed by atoms with Crippen molar-refractivity contribution in [3.63, 3.8) is 0 Å². The van der Waals surface area contributed by atoms with E-state index in [1.807, 2.05) is 0 Å². The number of rotatable bonds is 3. The first-order chi connectivity index (χ1) is 7.06. The number of aliphatic hydroxyl groups is 1. The Morgan fingerprint density at radius 1 is 1.60 bits per heavy atom. The van der Waals surface area contributed by atoms with Crippen molar-refractivity contribution in [2.45, 2.75) is 6.92 Å². The molecule has 0 saturated heterocycles. The summed E-state index contributed by atoms with van der Waals surface area (Å²) in [6, 6.07) is 2.26. The molecule has 1 N–H and O–H groups in total. The third-order valence-electron chi connectivity index (χ3n) is 1.91. The van der Waals surface area contributed by atoms with E-state index in [-0.39, 0.29) is 23.4 Å². The zero-order chi connectivity index (χ0) is 11.4. The summed E-state index contributed by atoms with van der Waals surface area (Å²) >= 11 is 0. The zero-order valence-corrected chi connectivity index (χ0v) is 8.11. The van der Waals surface area contributed by atoms with Gasteiger partial charge in [-0.25, -0.2) is 4.39 Å². The van der Waals surface area contributed by atoms with E-state index < -0.39 is 10.7 Å². The fourth-order valence-corrected chi connectivity index (χ4v) is 1.18. The number of hydrogen-bond donors (Lipinski definition) is 1. The molecule has 1 aromatic carbocycles. The highest BCUT2D eigenvalue weighted by atomic mass is 19.1. The Labute approximate surface area is 85.8 Å². The lowest BCUT2D eigenvalue weighted by Crippen LogP contribution is -1.94. The molecule has 15 heavy (non-hydrogen) atoms. The molecule has 0 amide bonds. The van der Waals surface area contributed by atoms with Crippen LogP contribution >= 0.6 is 0 Å². The van der Waals surface area contributed by atoms with E-state index in [2.05, 4.69) is 0 Å². The number of aryl methyl sites for hydroxylation is 1. The molecule has 0 unspecified atom stereocenters. The molecule has 0 bridgehead atoms. The van der Waals surface area contributed by atoms with Crippen LogP contribution in [0.4, 0.5) is 10.1 Å². The molecule has 1 rings (SSSR count). The second-order valence-corrected chi connectivity index (χ2v) is 3.00. The van der Waals surface area contributed by atoms with Gasteiger partial charge in [0.2, 0.25) is 0 Å². The third-order valence-corrected chi connectivity index (χ3v) is 1.91. The van der Waals surface area contributed by atoms with Crippen LogP contribution in [0, 0.1) is 22.9 Å². The summed E-state index contributed by atoms with van der Waals surface area (Å²) in [5.74, 6) is -0.539. The average molecular weight is 211 g/mol. The van der Waals surface area contributed by atoms with Gasteiger partial charge in [0.05, 0.1) is 11.5 Å². The maximum absolute atomic E-state index is 13.3. The van der Waals surface area contributed by atoms with E-state index in [0.29, 0.717) is 0 Å². The van der Waals surface area contributed by atoms with Crippen LogP contribution in [0.1, 0.15) is 11.1 Å². The second-order valence-electron chi connectivity index (χ2n) is 3.00. The lowest BCUT2D eigenvalue weighted by molar-refractivity contribution is -0.385. The van der Waals surface area contributed by atoms with Gasteiger partial charge in [-0.2, -0.15) is 0 Å². The molecule has 0 atom stereocenters. The van der Waals surface area contributed by atoms with E-state index in [4.69, 9.17) is 5.11 Å². The van der Waals surface area contributed by atoms with Crippen LogP contribution in [0.2, 0.25) is 0 Å². The largest absolute Gasteiger partial charge is 0.392 e. The Morgan fingerprint density at radius 3 is 2.80 bits per heavy atom. The van der Waals surface area contributed by atoms with Gasteiger partial charge in [0, 0.05) is 17.2 Å². The lowest BCUT2D eigenvalue weighted by Gasteiger charge is -2.00. The Balaban J connectivity index is 3.23. The molecule has 0 fully saturated rings. The molecular weight excluding hydrogens is 201 g/mol. The summed E-state index contributed by atoms with van der Waals surface area (Å²) in [4.78, 5) is 10.0. The second kappa shape index (κ2) is 4.65. The highest BCUT2D eigenvalue weighted by Crippen LogP contribution is 2.22. The highest BCUT2D eigenvalue weighted by Gasteiger charge is 2.13. The maximum Gasteiger partial charge on any atom is 0.273 e. The van der Waals surface area contributed by atoms with Crippen molar-refractivity contribution in [2.24, 2.45) is 0 Å². The van der Waals surface area contributed by atoms with Crippen LogP contribution < -0.4 is 0 Å². The smallest absolute Gasteiger partial charge is 0.273 e. The van der Waals surface area contributed by atoms with Crippen LogP contribution in [-0.4, -0.2) is 16.6 Å². The first kappa shape index (κ1) is 11.3. The summed E-state index contributed by atoms with van der Waals surface area (Å²) in [5.41, 5.74) is 0.244. The number of nitro groups is 1. The number of nitrogens with zero attached hydrogens (tertiary/aromatic N) is 1. The zero-order valence-electron chi connectivity index (χ0n) is 8.11. The fourth-order valence-electron chi connectivity index (χ4n) is 1.18. The lowest BCUT2D eigenvalue weighted by atomic mass is 10.1. The molecule has 1 aromatic rings. The Morgan fingerprint density at radius 2 is 2.27 bits per heavy atom. The van der Waals surface area contributed by atoms with Crippen LogP contribution in [0.5, 0.6) is 0 Å². The Bertz CT molecular complexity index is 415. The van der Waals surface area contributed by atoms with Crippen molar-refractivity contribution in [2.75, 3.05) is 6.61 Å². The number of benzene rings is 1. The normalized spacial score (nSPS) is 10.9. The Hall–Kier alpha value is -1.75. The first-order valence-electron chi connectivity index (χ1n) is 4.28. The molecule has 4 nitrogen and oxygen atoms in total. The van der Waals surface area contributed by atoms with Crippen LogP contribution in [0.25, 0.3) is 6.08 Å². The summed E-state index contributed by atoms with van der Waals surface area (Å²) < 4.78 is 13.3. The topological polar surface area (TPSA) is 63.4 Å². The van der Waals surface area contributed by atoms with Crippen molar-refractivity contribution in [3.8, 4) is 0 Å². The van der Waals surface area contributed by atoms with Crippen LogP contribution in [-0.2, 0) is 0 Å². The van der Waals surface area contributed by atoms with Gasteiger partial charge in [0.15, 0.2) is 0 Å². The molecule has 0 aromatic heterocycles. The predicted molar refractivity (Wildman–Crippen MR) is 53.9 cm³/mol. The standard InChI is InChI=1S/C10H10FNO3/c1-7-5-9(11)8(3-2-4-13)6-10(7)12(14)15/h2-3,5-6,13H,4H2,1H3. The van der Waals surface area contributed by atoms with E-state index >= 15 is 0 Å². The summed E-state index contributed by atoms with van der Waals surface area (Å²) in [7, 11) is 0. The SMILES string of the molecule is Cc1cc(F)c(C=CCO)cc1[N+](=O)[O-]. The molecule has 0 saturated carbocycles. The van der Waals surface area contributed by atoms with Crippen molar-refractivity contribution in [3.05, 3.63) is 45.3 Å². The molecule has 80 valence electrons. The van der Waals surface area contributed by atoms with Gasteiger partial charge in [0.25, 0.3) is 5.69 Å². The van der Waals surface area contributed by atoms with Crippen molar-refractivity contribution in [1.29, 1.82) is 0 Å². The quantitative estimate of drug-likeness (QED) is 0.614. The van der Waals surface area contributed by atoms with Gasteiger partial charge < -0.3 is 5.11 Å². The van der Waals surface area contributed by atoms with E-state index in [1.54, 1.807) is 0 Å². The first-order valence-corrected chi connectivity index (χ1v) is 4.28. The minimum Gasteiger partial charge on any atom is -0.392 e. The predicted octanol–water partition coefficient (Wildman–Crippen LogP) is 2.05. The van der Waals surface area contributed by atoms with Gasteiger partial charge in [-0.1, -0.05) is 12.2 Å². The maximum atomic E-state index is 13.3. The van der Waals surface area contributed by atoms with Crippen molar-refractivity contribution >= 4 is 11.8 Å². The van der Waals surface area contributed by atoms with Crippen molar-refractivity contribution < 1.29 is 14.4 Å². The monoisotopic (exact) mass is 211 g/mol. The molecule has 0 spiro atoms. The highest BCUT2D eigenvalue weighted by molar-refractivity contribution is 5.56. The fraction of sp³-hybridized carbons (Fsp3) is 0.200. The molecular formula is C10H10FNO3. The molecule has 5 heteroatoms. The van der Waals surface area contributed by atoms with Gasteiger partial charge in [-0.15, -0.1) is 0 Å². The molecule has 0 aliphatic carbocycles. The van der Waals surface area contributed by atoms with Gasteiger partial charge in [-0.3, -0.25) is 10.1 Å². The third kappa shape index (κ3) is 2.60. The van der Waals surface area contributed by atoms with Crippen LogP contribution in [0.15, 0.2) is 18.2 Å². The van der Waals surface area contributed by atoms with Gasteiger partial charge in [-0.05, 0) is 13.0 Å². The van der Waals surface area contributed by atoms with E-state index in [0.717, 1.165) is 12.1 Å². The number of nitro benzene ring substituents is 1. The molecule has 0 radical (unpaired) electrons. The number of aliphatic hydroxyl groups excluding tert-OH is 1. The minimum absolute atomic E-state index is 0.0985.